The van der Waals surface area contributed by atoms with E-state index in [2.05, 4.69) is 4.98 Å². The van der Waals surface area contributed by atoms with Gasteiger partial charge in [-0.1, -0.05) is 13.8 Å². The number of ether oxygens (including phenoxy) is 1. The van der Waals surface area contributed by atoms with Crippen LogP contribution in [0.2, 0.25) is 0 Å². The zero-order chi connectivity index (χ0) is 18.7. The van der Waals surface area contributed by atoms with Gasteiger partial charge in [-0.3, -0.25) is 18.7 Å². The third-order valence-corrected chi connectivity index (χ3v) is 3.96. The van der Waals surface area contributed by atoms with Crippen molar-refractivity contribution in [3.05, 3.63) is 38.7 Å². The van der Waals surface area contributed by atoms with Crippen LogP contribution in [-0.2, 0) is 18.8 Å². The molecule has 0 aliphatic rings. The largest absolute Gasteiger partial charge is 0.383 e. The number of rotatable bonds is 6. The quantitative estimate of drug-likeness (QED) is 0.753. The average molecular weight is 348 g/mol. The zero-order valence-electron chi connectivity index (χ0n) is 15.3. The fourth-order valence-corrected chi connectivity index (χ4v) is 2.65. The second kappa shape index (κ2) is 7.60. The van der Waals surface area contributed by atoms with E-state index < -0.39 is 11.2 Å². The SMILES string of the molecule is COCCN(CC(C)C)C(=O)c1ccc2c(=O)n(C)c(=O)n(C)c2n1. The Morgan fingerprint density at radius 1 is 1.24 bits per heavy atom. The first-order chi connectivity index (χ1) is 11.8. The molecule has 2 heterocycles. The van der Waals surface area contributed by atoms with Crippen molar-refractivity contribution in [3.63, 3.8) is 0 Å². The van der Waals surface area contributed by atoms with Gasteiger partial charge in [-0.25, -0.2) is 9.78 Å². The fourth-order valence-electron chi connectivity index (χ4n) is 2.65. The number of hydrogen-bond donors (Lipinski definition) is 0. The van der Waals surface area contributed by atoms with Crippen molar-refractivity contribution >= 4 is 16.9 Å². The Morgan fingerprint density at radius 3 is 2.52 bits per heavy atom. The van der Waals surface area contributed by atoms with Crippen LogP contribution in [0.5, 0.6) is 0 Å². The van der Waals surface area contributed by atoms with E-state index in [-0.39, 0.29) is 23.2 Å². The third kappa shape index (κ3) is 3.79. The van der Waals surface area contributed by atoms with Crippen molar-refractivity contribution in [2.75, 3.05) is 26.8 Å². The maximum Gasteiger partial charge on any atom is 0.332 e. The van der Waals surface area contributed by atoms with E-state index in [1.54, 1.807) is 18.1 Å². The number of pyridine rings is 1. The van der Waals surface area contributed by atoms with E-state index in [0.29, 0.717) is 25.1 Å². The topological polar surface area (TPSA) is 86.4 Å². The number of fused-ring (bicyclic) bond motifs is 1. The van der Waals surface area contributed by atoms with Gasteiger partial charge in [0.05, 0.1) is 12.0 Å². The van der Waals surface area contributed by atoms with E-state index in [1.165, 1.54) is 24.7 Å². The van der Waals surface area contributed by atoms with E-state index in [4.69, 9.17) is 4.74 Å². The third-order valence-electron chi connectivity index (χ3n) is 3.96. The fraction of sp³-hybridized carbons (Fsp3) is 0.529. The van der Waals surface area contributed by atoms with Crippen LogP contribution >= 0.6 is 0 Å². The Kier molecular flexibility index (Phi) is 5.73. The molecule has 0 aliphatic carbocycles. The molecular weight excluding hydrogens is 324 g/mol. The molecule has 136 valence electrons. The number of nitrogens with zero attached hydrogens (tertiary/aromatic N) is 4. The molecule has 0 saturated heterocycles. The van der Waals surface area contributed by atoms with Crippen LogP contribution < -0.4 is 11.2 Å². The maximum absolute atomic E-state index is 12.8. The second-order valence-corrected chi connectivity index (χ2v) is 6.41. The number of carbonyl (C=O) groups is 1. The standard InChI is InChI=1S/C17H24N4O4/c1-11(2)10-21(8-9-25-5)16(23)13-7-6-12-14(18-13)19(3)17(24)20(4)15(12)22/h6-7,11H,8-10H2,1-5H3. The van der Waals surface area contributed by atoms with Gasteiger partial charge >= 0.3 is 5.69 Å². The highest BCUT2D eigenvalue weighted by atomic mass is 16.5. The number of hydrogen-bond acceptors (Lipinski definition) is 5. The summed E-state index contributed by atoms with van der Waals surface area (Å²) in [6.45, 7) is 5.48. The first kappa shape index (κ1) is 18.9. The Hall–Kier alpha value is -2.48. The summed E-state index contributed by atoms with van der Waals surface area (Å²) < 4.78 is 7.37. The lowest BCUT2D eigenvalue weighted by molar-refractivity contribution is 0.0667. The first-order valence-corrected chi connectivity index (χ1v) is 8.13. The number of amides is 1. The molecule has 0 aliphatic heterocycles. The first-order valence-electron chi connectivity index (χ1n) is 8.13. The Balaban J connectivity index is 2.51. The molecule has 1 amide bonds. The smallest absolute Gasteiger partial charge is 0.332 e. The van der Waals surface area contributed by atoms with Crippen LogP contribution in [0.4, 0.5) is 0 Å². The molecule has 0 unspecified atom stereocenters. The molecule has 0 N–H and O–H groups in total. The van der Waals surface area contributed by atoms with Gasteiger partial charge in [0.2, 0.25) is 0 Å². The Labute approximate surface area is 145 Å². The van der Waals surface area contributed by atoms with Crippen LogP contribution in [0, 0.1) is 5.92 Å². The van der Waals surface area contributed by atoms with Crippen molar-refractivity contribution in [3.8, 4) is 0 Å². The minimum Gasteiger partial charge on any atom is -0.383 e. The molecule has 2 aromatic rings. The zero-order valence-corrected chi connectivity index (χ0v) is 15.3. The minimum absolute atomic E-state index is 0.201. The molecule has 2 aromatic heterocycles. The lowest BCUT2D eigenvalue weighted by Gasteiger charge is -2.24. The van der Waals surface area contributed by atoms with Crippen LogP contribution in [0.1, 0.15) is 24.3 Å². The monoisotopic (exact) mass is 348 g/mol. The van der Waals surface area contributed by atoms with Crippen molar-refractivity contribution in [1.29, 1.82) is 0 Å². The molecule has 0 fully saturated rings. The average Bonchev–Trinajstić information content (AvgIpc) is 2.60. The van der Waals surface area contributed by atoms with Crippen molar-refractivity contribution < 1.29 is 9.53 Å². The summed E-state index contributed by atoms with van der Waals surface area (Å²) in [7, 11) is 4.53. The molecule has 0 saturated carbocycles. The minimum atomic E-state index is -0.479. The highest BCUT2D eigenvalue weighted by Crippen LogP contribution is 2.10. The summed E-state index contributed by atoms with van der Waals surface area (Å²) >= 11 is 0. The molecule has 0 bridgehead atoms. The Bertz CT molecular complexity index is 898. The van der Waals surface area contributed by atoms with Crippen LogP contribution in [0.15, 0.2) is 21.7 Å². The molecule has 0 radical (unpaired) electrons. The Morgan fingerprint density at radius 2 is 1.92 bits per heavy atom. The highest BCUT2D eigenvalue weighted by Gasteiger charge is 2.20. The van der Waals surface area contributed by atoms with Crippen molar-refractivity contribution in [1.82, 2.24) is 19.0 Å². The van der Waals surface area contributed by atoms with Gasteiger partial charge in [0.1, 0.15) is 11.3 Å². The van der Waals surface area contributed by atoms with Gasteiger partial charge in [-0.2, -0.15) is 0 Å². The van der Waals surface area contributed by atoms with E-state index >= 15 is 0 Å². The second-order valence-electron chi connectivity index (χ2n) is 6.41. The normalized spacial score (nSPS) is 11.3. The van der Waals surface area contributed by atoms with Gasteiger partial charge in [0.15, 0.2) is 0 Å². The summed E-state index contributed by atoms with van der Waals surface area (Å²) in [6, 6.07) is 3.07. The molecular formula is C17H24N4O4. The van der Waals surface area contributed by atoms with Gasteiger partial charge in [-0.15, -0.1) is 0 Å². The van der Waals surface area contributed by atoms with Crippen LogP contribution in [-0.4, -0.2) is 51.7 Å². The summed E-state index contributed by atoms with van der Waals surface area (Å²) in [6.07, 6.45) is 0. The predicted octanol–water partition coefficient (Wildman–Crippen LogP) is 0.377. The van der Waals surface area contributed by atoms with Gasteiger partial charge in [0, 0.05) is 34.3 Å². The van der Waals surface area contributed by atoms with Gasteiger partial charge < -0.3 is 9.64 Å². The summed E-state index contributed by atoms with van der Waals surface area (Å²) in [4.78, 5) is 43.1. The summed E-state index contributed by atoms with van der Waals surface area (Å²) in [5.41, 5.74) is -0.501. The molecule has 0 atom stereocenters. The summed E-state index contributed by atoms with van der Waals surface area (Å²) in [5.74, 6) is 0.0405. The number of carbonyl (C=O) groups excluding carboxylic acids is 1. The van der Waals surface area contributed by atoms with E-state index in [0.717, 1.165) is 4.57 Å². The lowest BCUT2D eigenvalue weighted by Crippen LogP contribution is -2.39. The molecule has 8 heteroatoms. The van der Waals surface area contributed by atoms with Gasteiger partial charge in [0.25, 0.3) is 11.5 Å². The molecule has 25 heavy (non-hydrogen) atoms. The van der Waals surface area contributed by atoms with Crippen molar-refractivity contribution in [2.45, 2.75) is 13.8 Å². The van der Waals surface area contributed by atoms with E-state index in [1.807, 2.05) is 13.8 Å². The molecule has 0 aromatic carbocycles. The molecule has 0 spiro atoms. The lowest BCUT2D eigenvalue weighted by atomic mass is 10.2. The highest BCUT2D eigenvalue weighted by molar-refractivity contribution is 5.94. The number of aromatic nitrogens is 3. The van der Waals surface area contributed by atoms with Gasteiger partial charge in [-0.05, 0) is 18.1 Å². The van der Waals surface area contributed by atoms with Crippen LogP contribution in [0.25, 0.3) is 11.0 Å². The van der Waals surface area contributed by atoms with Crippen molar-refractivity contribution in [2.24, 2.45) is 20.0 Å². The number of methoxy groups -OCH3 is 1. The summed E-state index contributed by atoms with van der Waals surface area (Å²) in [5, 5.41) is 0.299. The predicted molar refractivity (Wildman–Crippen MR) is 94.8 cm³/mol. The molecule has 8 nitrogen and oxygen atoms in total. The van der Waals surface area contributed by atoms with E-state index in [9.17, 15) is 14.4 Å². The number of aryl methyl sites for hydroxylation is 1. The van der Waals surface area contributed by atoms with Crippen LogP contribution in [0.3, 0.4) is 0 Å². The maximum atomic E-state index is 12.8. The molecule has 2 rings (SSSR count).